The van der Waals surface area contributed by atoms with Gasteiger partial charge in [-0.1, -0.05) is 53.2 Å². The maximum atomic E-state index is 10.2. The van der Waals surface area contributed by atoms with Crippen LogP contribution in [0.3, 0.4) is 0 Å². The molecule has 4 heteroatoms. The first-order valence-corrected chi connectivity index (χ1v) is 12.6. The van der Waals surface area contributed by atoms with Gasteiger partial charge < -0.3 is 9.84 Å². The van der Waals surface area contributed by atoms with Crippen LogP contribution in [-0.4, -0.2) is 11.7 Å². The van der Waals surface area contributed by atoms with Crippen LogP contribution in [0.4, 0.5) is 11.4 Å². The van der Waals surface area contributed by atoms with Gasteiger partial charge in [0.2, 0.25) is 0 Å². The zero-order valence-electron chi connectivity index (χ0n) is 21.3. The van der Waals surface area contributed by atoms with Crippen molar-refractivity contribution >= 4 is 11.4 Å². The Kier molecular flexibility index (Phi) is 9.26. The van der Waals surface area contributed by atoms with Crippen molar-refractivity contribution in [3.8, 4) is 22.6 Å². The Morgan fingerprint density at radius 2 is 1.50 bits per heavy atom. The van der Waals surface area contributed by atoms with E-state index in [0.29, 0.717) is 5.75 Å². The molecule has 180 valence electrons. The van der Waals surface area contributed by atoms with Crippen molar-refractivity contribution in [3.63, 3.8) is 0 Å². The number of azo groups is 1. The minimum absolute atomic E-state index is 0.273. The molecule has 3 aromatic rings. The summed E-state index contributed by atoms with van der Waals surface area (Å²) in [5.41, 5.74) is 7.36. The van der Waals surface area contributed by atoms with Crippen molar-refractivity contribution in [2.24, 2.45) is 10.2 Å². The highest BCUT2D eigenvalue weighted by molar-refractivity contribution is 5.71. The van der Waals surface area contributed by atoms with Crippen LogP contribution in [0.1, 0.15) is 76.5 Å². The summed E-state index contributed by atoms with van der Waals surface area (Å²) in [5, 5.41) is 19.5. The van der Waals surface area contributed by atoms with Crippen molar-refractivity contribution in [2.45, 2.75) is 72.6 Å². The summed E-state index contributed by atoms with van der Waals surface area (Å²) in [6, 6.07) is 18.3. The van der Waals surface area contributed by atoms with Crippen LogP contribution in [-0.2, 0) is 12.8 Å². The maximum absolute atomic E-state index is 10.2. The number of hydrogen-bond donors (Lipinski definition) is 1. The first-order valence-electron chi connectivity index (χ1n) is 12.6. The number of rotatable bonds is 11. The topological polar surface area (TPSA) is 54.2 Å². The molecular weight excluding hydrogens is 420 g/mol. The van der Waals surface area contributed by atoms with Crippen LogP contribution in [0, 0.1) is 0 Å². The summed E-state index contributed by atoms with van der Waals surface area (Å²) in [6.45, 7) is 11.5. The van der Waals surface area contributed by atoms with E-state index in [-0.39, 0.29) is 5.92 Å². The smallest absolute Gasteiger partial charge is 0.119 e. The second-order valence-corrected chi connectivity index (χ2v) is 8.83. The normalized spacial score (nSPS) is 12.3. The molecule has 1 N–H and O–H groups in total. The third kappa shape index (κ3) is 6.25. The third-order valence-corrected chi connectivity index (χ3v) is 6.40. The predicted molar refractivity (Wildman–Crippen MR) is 142 cm³/mol. The third-order valence-electron chi connectivity index (χ3n) is 6.40. The van der Waals surface area contributed by atoms with Crippen molar-refractivity contribution in [2.75, 3.05) is 6.61 Å². The zero-order chi connectivity index (χ0) is 24.5. The summed E-state index contributed by atoms with van der Waals surface area (Å²) in [5.74, 6) is 1.51. The van der Waals surface area contributed by atoms with Gasteiger partial charge in [-0.3, -0.25) is 0 Å². The lowest BCUT2D eigenvalue weighted by atomic mass is 9.95. The van der Waals surface area contributed by atoms with Crippen molar-refractivity contribution in [3.05, 3.63) is 71.3 Å². The van der Waals surface area contributed by atoms with E-state index in [1.54, 1.807) is 6.07 Å². The number of benzene rings is 3. The number of nitrogens with zero attached hydrogens (tertiary/aromatic N) is 2. The molecular formula is C30H38N2O2. The van der Waals surface area contributed by atoms with Gasteiger partial charge in [-0.25, -0.2) is 0 Å². The molecule has 0 saturated heterocycles. The fourth-order valence-corrected chi connectivity index (χ4v) is 4.00. The standard InChI is InChI=1S/C30H38N2O2/c1-6-10-17-34-27-14-11-24(12-15-27)25-18-22(8-3)30(23(9-4)19-25)32-31-26-13-16-29(33)28(20-26)21(5)7-2/h11-16,18-21,33H,6-10,17H2,1-5H3. The van der Waals surface area contributed by atoms with Crippen LogP contribution in [0.25, 0.3) is 11.1 Å². The van der Waals surface area contributed by atoms with E-state index in [1.165, 1.54) is 22.3 Å². The molecule has 0 amide bonds. The van der Waals surface area contributed by atoms with Crippen molar-refractivity contribution in [1.82, 2.24) is 0 Å². The Morgan fingerprint density at radius 1 is 0.824 bits per heavy atom. The molecule has 0 aromatic heterocycles. The highest BCUT2D eigenvalue weighted by Gasteiger charge is 2.12. The summed E-state index contributed by atoms with van der Waals surface area (Å²) >= 11 is 0. The Hall–Kier alpha value is -3.14. The summed E-state index contributed by atoms with van der Waals surface area (Å²) in [7, 11) is 0. The first kappa shape index (κ1) is 25.5. The van der Waals surface area contributed by atoms with E-state index in [9.17, 15) is 5.11 Å². The van der Waals surface area contributed by atoms with Gasteiger partial charge in [0.15, 0.2) is 0 Å². The molecule has 0 aliphatic heterocycles. The number of hydrogen-bond acceptors (Lipinski definition) is 4. The minimum Gasteiger partial charge on any atom is -0.508 e. The van der Waals surface area contributed by atoms with Gasteiger partial charge >= 0.3 is 0 Å². The Labute approximate surface area is 204 Å². The highest BCUT2D eigenvalue weighted by Crippen LogP contribution is 2.36. The van der Waals surface area contributed by atoms with Crippen molar-refractivity contribution < 1.29 is 9.84 Å². The molecule has 0 saturated carbocycles. The molecule has 0 heterocycles. The largest absolute Gasteiger partial charge is 0.508 e. The monoisotopic (exact) mass is 458 g/mol. The van der Waals surface area contributed by atoms with Gasteiger partial charge in [-0.15, -0.1) is 5.11 Å². The Bertz CT molecular complexity index is 1080. The van der Waals surface area contributed by atoms with Crippen LogP contribution in [0.15, 0.2) is 64.8 Å². The second-order valence-electron chi connectivity index (χ2n) is 8.83. The van der Waals surface area contributed by atoms with E-state index in [1.807, 2.05) is 12.1 Å². The van der Waals surface area contributed by atoms with E-state index in [4.69, 9.17) is 4.74 Å². The predicted octanol–water partition coefficient (Wildman–Crippen LogP) is 9.29. The fourth-order valence-electron chi connectivity index (χ4n) is 4.00. The van der Waals surface area contributed by atoms with E-state index >= 15 is 0 Å². The molecule has 3 rings (SSSR count). The number of aryl methyl sites for hydroxylation is 2. The Morgan fingerprint density at radius 3 is 2.09 bits per heavy atom. The average Bonchev–Trinajstić information content (AvgIpc) is 2.87. The lowest BCUT2D eigenvalue weighted by Gasteiger charge is -2.13. The molecule has 0 bridgehead atoms. The fraction of sp³-hybridized carbons (Fsp3) is 0.400. The van der Waals surface area contributed by atoms with Crippen LogP contribution in [0.5, 0.6) is 11.5 Å². The molecule has 1 atom stereocenters. The van der Waals surface area contributed by atoms with Gasteiger partial charge in [-0.05, 0) is 102 Å². The highest BCUT2D eigenvalue weighted by atomic mass is 16.5. The number of phenols is 1. The molecule has 4 nitrogen and oxygen atoms in total. The van der Waals surface area contributed by atoms with E-state index in [0.717, 1.165) is 61.4 Å². The molecule has 0 spiro atoms. The molecule has 3 aromatic carbocycles. The van der Waals surface area contributed by atoms with E-state index in [2.05, 4.69) is 81.2 Å². The SMILES string of the molecule is CCCCOc1ccc(-c2cc(CC)c(N=Nc3ccc(O)c(C(C)CC)c3)c(CC)c2)cc1. The number of aromatic hydroxyl groups is 1. The molecule has 0 fully saturated rings. The van der Waals surface area contributed by atoms with Crippen LogP contribution < -0.4 is 4.74 Å². The van der Waals surface area contributed by atoms with Gasteiger partial charge in [0.1, 0.15) is 11.5 Å². The number of phenolic OH excluding ortho intramolecular Hbond substituents is 1. The zero-order valence-corrected chi connectivity index (χ0v) is 21.3. The Balaban J connectivity index is 1.90. The van der Waals surface area contributed by atoms with Gasteiger partial charge in [0.25, 0.3) is 0 Å². The molecule has 1 unspecified atom stereocenters. The van der Waals surface area contributed by atoms with Gasteiger partial charge in [0, 0.05) is 0 Å². The summed E-state index contributed by atoms with van der Waals surface area (Å²) < 4.78 is 5.81. The van der Waals surface area contributed by atoms with E-state index < -0.39 is 0 Å². The van der Waals surface area contributed by atoms with Crippen molar-refractivity contribution in [1.29, 1.82) is 0 Å². The van der Waals surface area contributed by atoms with Gasteiger partial charge in [-0.2, -0.15) is 5.11 Å². The average molecular weight is 459 g/mol. The molecule has 34 heavy (non-hydrogen) atoms. The lowest BCUT2D eigenvalue weighted by molar-refractivity contribution is 0.309. The molecule has 0 radical (unpaired) electrons. The minimum atomic E-state index is 0.273. The quantitative estimate of drug-likeness (QED) is 0.230. The number of ether oxygens (including phenoxy) is 1. The van der Waals surface area contributed by atoms with Gasteiger partial charge in [0.05, 0.1) is 18.0 Å². The lowest BCUT2D eigenvalue weighted by Crippen LogP contribution is -1.96. The molecule has 0 aliphatic rings. The maximum Gasteiger partial charge on any atom is 0.119 e. The summed E-state index contributed by atoms with van der Waals surface area (Å²) in [4.78, 5) is 0. The first-order chi connectivity index (χ1) is 16.5. The van der Waals surface area contributed by atoms with Crippen LogP contribution in [0.2, 0.25) is 0 Å². The summed E-state index contributed by atoms with van der Waals surface area (Å²) in [6.07, 6.45) is 4.91. The van der Waals surface area contributed by atoms with Crippen LogP contribution >= 0.6 is 0 Å². The molecule has 0 aliphatic carbocycles. The second kappa shape index (κ2) is 12.4. The number of unbranched alkanes of at least 4 members (excludes halogenated alkanes) is 1.